The van der Waals surface area contributed by atoms with Gasteiger partial charge >= 0.3 is 0 Å². The average Bonchev–Trinajstić information content (AvgIpc) is 2.77. The molecule has 0 N–H and O–H groups in total. The van der Waals surface area contributed by atoms with Crippen molar-refractivity contribution in [2.24, 2.45) is 4.99 Å². The van der Waals surface area contributed by atoms with Crippen LogP contribution in [0.25, 0.3) is 0 Å². The molecular formula is C20H12FNOS. The molecule has 0 spiro atoms. The number of aliphatic imine (C=N–C) groups is 1. The van der Waals surface area contributed by atoms with Crippen molar-refractivity contribution in [1.29, 1.82) is 0 Å². The van der Waals surface area contributed by atoms with E-state index >= 15 is 0 Å². The summed E-state index contributed by atoms with van der Waals surface area (Å²) < 4.78 is 13.7. The topological polar surface area (TPSA) is 29.4 Å². The highest BCUT2D eigenvalue weighted by molar-refractivity contribution is 7.99. The molecule has 3 aromatic carbocycles. The lowest BCUT2D eigenvalue weighted by Crippen LogP contribution is -2.04. The Kier molecular flexibility index (Phi) is 3.75. The predicted molar refractivity (Wildman–Crippen MR) is 94.1 cm³/mol. The molecule has 0 radical (unpaired) electrons. The second-order valence-corrected chi connectivity index (χ2v) is 6.50. The Morgan fingerprint density at radius 3 is 2.62 bits per heavy atom. The molecule has 1 aliphatic heterocycles. The molecule has 116 valence electrons. The molecule has 0 amide bonds. The van der Waals surface area contributed by atoms with Crippen LogP contribution < -0.4 is 0 Å². The number of hydrogen-bond donors (Lipinski definition) is 0. The van der Waals surface area contributed by atoms with Crippen molar-refractivity contribution < 1.29 is 9.18 Å². The molecule has 24 heavy (non-hydrogen) atoms. The summed E-state index contributed by atoms with van der Waals surface area (Å²) in [5.74, 6) is -0.300. The van der Waals surface area contributed by atoms with Crippen LogP contribution in [0.5, 0.6) is 0 Å². The summed E-state index contributed by atoms with van der Waals surface area (Å²) in [7, 11) is 0. The summed E-state index contributed by atoms with van der Waals surface area (Å²) in [4.78, 5) is 17.9. The van der Waals surface area contributed by atoms with E-state index in [1.807, 2.05) is 36.4 Å². The van der Waals surface area contributed by atoms with Crippen LogP contribution in [0.1, 0.15) is 21.5 Å². The largest absolute Gasteiger partial charge is 0.298 e. The maximum absolute atomic E-state index is 13.7. The molecule has 1 heterocycles. The van der Waals surface area contributed by atoms with Crippen LogP contribution in [0.3, 0.4) is 0 Å². The van der Waals surface area contributed by atoms with E-state index in [2.05, 4.69) is 0 Å². The molecule has 0 saturated carbocycles. The van der Waals surface area contributed by atoms with E-state index in [-0.39, 0.29) is 5.82 Å². The van der Waals surface area contributed by atoms with Gasteiger partial charge < -0.3 is 0 Å². The first-order valence-corrected chi connectivity index (χ1v) is 8.27. The first-order valence-electron chi connectivity index (χ1n) is 7.46. The average molecular weight is 333 g/mol. The minimum absolute atomic E-state index is 0.300. The van der Waals surface area contributed by atoms with Crippen LogP contribution in [0, 0.1) is 5.82 Å². The fourth-order valence-electron chi connectivity index (χ4n) is 2.69. The SMILES string of the molecule is O=Cc1ccc2c(c1)N=C(c1cccc(F)c1)c1ccccc1S2. The van der Waals surface area contributed by atoms with Gasteiger partial charge in [0, 0.05) is 26.5 Å². The van der Waals surface area contributed by atoms with Gasteiger partial charge in [-0.15, -0.1) is 0 Å². The highest BCUT2D eigenvalue weighted by Crippen LogP contribution is 2.41. The number of aldehydes is 1. The third-order valence-corrected chi connectivity index (χ3v) is 4.95. The monoisotopic (exact) mass is 333 g/mol. The van der Waals surface area contributed by atoms with Gasteiger partial charge in [-0.2, -0.15) is 0 Å². The van der Waals surface area contributed by atoms with E-state index in [4.69, 9.17) is 4.99 Å². The third-order valence-electron chi connectivity index (χ3n) is 3.81. The van der Waals surface area contributed by atoms with E-state index in [0.29, 0.717) is 16.8 Å². The fraction of sp³-hybridized carbons (Fsp3) is 0. The Bertz CT molecular complexity index is 981. The standard InChI is InChI=1S/C20H12FNOS/c21-15-5-3-4-14(11-15)20-16-6-1-2-7-18(16)24-19-9-8-13(12-23)10-17(19)22-20/h1-12H. The normalized spacial score (nSPS) is 12.6. The number of benzene rings is 3. The van der Waals surface area contributed by atoms with Crippen molar-refractivity contribution in [1.82, 2.24) is 0 Å². The zero-order valence-electron chi connectivity index (χ0n) is 12.6. The molecule has 0 bridgehead atoms. The molecule has 4 heteroatoms. The lowest BCUT2D eigenvalue weighted by molar-refractivity contribution is 0.112. The Morgan fingerprint density at radius 2 is 1.79 bits per heavy atom. The number of carbonyl (C=O) groups is 1. The molecular weight excluding hydrogens is 321 g/mol. The van der Waals surface area contributed by atoms with E-state index in [9.17, 15) is 9.18 Å². The molecule has 0 saturated heterocycles. The first kappa shape index (κ1) is 14.8. The van der Waals surface area contributed by atoms with Gasteiger partial charge in [-0.25, -0.2) is 9.38 Å². The van der Waals surface area contributed by atoms with E-state index in [0.717, 1.165) is 27.3 Å². The molecule has 0 atom stereocenters. The zero-order valence-corrected chi connectivity index (χ0v) is 13.4. The number of halogens is 1. The Balaban J connectivity index is 1.99. The third kappa shape index (κ3) is 2.65. The minimum Gasteiger partial charge on any atom is -0.298 e. The van der Waals surface area contributed by atoms with Crippen molar-refractivity contribution in [2.75, 3.05) is 0 Å². The van der Waals surface area contributed by atoms with Crippen LogP contribution in [0.2, 0.25) is 0 Å². The second-order valence-electron chi connectivity index (χ2n) is 5.41. The van der Waals surface area contributed by atoms with Gasteiger partial charge in [0.05, 0.1) is 11.4 Å². The van der Waals surface area contributed by atoms with Crippen LogP contribution in [0.4, 0.5) is 10.1 Å². The Morgan fingerprint density at radius 1 is 0.917 bits per heavy atom. The first-order chi connectivity index (χ1) is 11.7. The van der Waals surface area contributed by atoms with Gasteiger partial charge in [-0.1, -0.05) is 48.2 Å². The molecule has 2 nitrogen and oxygen atoms in total. The number of rotatable bonds is 2. The molecule has 3 aromatic rings. The minimum atomic E-state index is -0.300. The molecule has 0 aliphatic carbocycles. The van der Waals surface area contributed by atoms with Gasteiger partial charge in [-0.05, 0) is 30.3 Å². The van der Waals surface area contributed by atoms with Crippen molar-refractivity contribution in [2.45, 2.75) is 9.79 Å². The van der Waals surface area contributed by atoms with Crippen molar-refractivity contribution in [3.05, 3.63) is 89.2 Å². The second kappa shape index (κ2) is 6.06. The van der Waals surface area contributed by atoms with Crippen LogP contribution in [0.15, 0.2) is 81.5 Å². The smallest absolute Gasteiger partial charge is 0.150 e. The lowest BCUT2D eigenvalue weighted by atomic mass is 10.0. The quantitative estimate of drug-likeness (QED) is 0.468. The molecule has 0 unspecified atom stereocenters. The van der Waals surface area contributed by atoms with Crippen molar-refractivity contribution >= 4 is 29.4 Å². The summed E-state index contributed by atoms with van der Waals surface area (Å²) in [6, 6.07) is 19.8. The number of fused-ring (bicyclic) bond motifs is 2. The lowest BCUT2D eigenvalue weighted by Gasteiger charge is -2.09. The van der Waals surface area contributed by atoms with Crippen molar-refractivity contribution in [3.8, 4) is 0 Å². The molecule has 1 aliphatic rings. The Labute approximate surface area is 143 Å². The number of carbonyl (C=O) groups excluding carboxylic acids is 1. The highest BCUT2D eigenvalue weighted by atomic mass is 32.2. The summed E-state index contributed by atoms with van der Waals surface area (Å²) in [6.07, 6.45) is 0.806. The fourth-order valence-corrected chi connectivity index (χ4v) is 3.69. The van der Waals surface area contributed by atoms with Gasteiger partial charge in [0.15, 0.2) is 0 Å². The van der Waals surface area contributed by atoms with Crippen LogP contribution >= 0.6 is 11.8 Å². The van der Waals surface area contributed by atoms with E-state index < -0.39 is 0 Å². The van der Waals surface area contributed by atoms with Crippen LogP contribution in [-0.2, 0) is 0 Å². The van der Waals surface area contributed by atoms with Gasteiger partial charge in [0.1, 0.15) is 12.1 Å². The van der Waals surface area contributed by atoms with Gasteiger partial charge in [-0.3, -0.25) is 4.79 Å². The number of nitrogens with zero attached hydrogens (tertiary/aromatic N) is 1. The predicted octanol–water partition coefficient (Wildman–Crippen LogP) is 5.27. The number of hydrogen-bond acceptors (Lipinski definition) is 3. The maximum Gasteiger partial charge on any atom is 0.150 e. The molecule has 0 aromatic heterocycles. The van der Waals surface area contributed by atoms with Gasteiger partial charge in [0.25, 0.3) is 0 Å². The summed E-state index contributed by atoms with van der Waals surface area (Å²) in [5.41, 5.74) is 3.67. The molecule has 0 fully saturated rings. The molecule has 4 rings (SSSR count). The van der Waals surface area contributed by atoms with E-state index in [1.165, 1.54) is 12.1 Å². The van der Waals surface area contributed by atoms with Gasteiger partial charge in [0.2, 0.25) is 0 Å². The zero-order chi connectivity index (χ0) is 16.5. The summed E-state index contributed by atoms with van der Waals surface area (Å²) in [6.45, 7) is 0. The maximum atomic E-state index is 13.7. The van der Waals surface area contributed by atoms with E-state index in [1.54, 1.807) is 30.0 Å². The van der Waals surface area contributed by atoms with Crippen LogP contribution in [-0.4, -0.2) is 12.0 Å². The Hall–Kier alpha value is -2.72. The summed E-state index contributed by atoms with van der Waals surface area (Å²) in [5, 5.41) is 0. The highest BCUT2D eigenvalue weighted by Gasteiger charge is 2.19. The van der Waals surface area contributed by atoms with Crippen molar-refractivity contribution in [3.63, 3.8) is 0 Å². The summed E-state index contributed by atoms with van der Waals surface area (Å²) >= 11 is 1.60.